The van der Waals surface area contributed by atoms with Gasteiger partial charge in [-0.15, -0.1) is 0 Å². The van der Waals surface area contributed by atoms with E-state index in [9.17, 15) is 0 Å². The van der Waals surface area contributed by atoms with E-state index in [0.29, 0.717) is 37.7 Å². The number of oxime groups is 1. The third-order valence-corrected chi connectivity index (χ3v) is 2.93. The van der Waals surface area contributed by atoms with Crippen LogP contribution in [-0.4, -0.2) is 56.5 Å². The first-order valence-corrected chi connectivity index (χ1v) is 6.32. The second-order valence-corrected chi connectivity index (χ2v) is 4.28. The molecule has 0 atom stereocenters. The van der Waals surface area contributed by atoms with Gasteiger partial charge in [-0.25, -0.2) is 4.98 Å². The third kappa shape index (κ3) is 4.07. The summed E-state index contributed by atoms with van der Waals surface area (Å²) in [6, 6.07) is 1.82. The monoisotopic (exact) mass is 282 g/mol. The lowest BCUT2D eigenvalue weighted by molar-refractivity contribution is 0.190. The topological polar surface area (TPSA) is 93.2 Å². The normalized spacial score (nSPS) is 11.7. The Kier molecular flexibility index (Phi) is 6.75. The van der Waals surface area contributed by atoms with Crippen LogP contribution in [0.2, 0.25) is 0 Å². The molecule has 0 fully saturated rings. The molecule has 7 nitrogen and oxygen atoms in total. The van der Waals surface area contributed by atoms with Crippen molar-refractivity contribution < 1.29 is 14.7 Å². The van der Waals surface area contributed by atoms with Crippen molar-refractivity contribution in [1.82, 2.24) is 4.98 Å². The molecule has 3 N–H and O–H groups in total. The van der Waals surface area contributed by atoms with Gasteiger partial charge in [0.1, 0.15) is 5.82 Å². The van der Waals surface area contributed by atoms with Gasteiger partial charge in [0.05, 0.1) is 18.8 Å². The van der Waals surface area contributed by atoms with Crippen LogP contribution in [0.1, 0.15) is 11.1 Å². The molecule has 0 unspecified atom stereocenters. The molecule has 0 amide bonds. The molecule has 112 valence electrons. The highest BCUT2D eigenvalue weighted by molar-refractivity contribution is 6.02. The first-order valence-electron chi connectivity index (χ1n) is 6.32. The Labute approximate surface area is 119 Å². The fourth-order valence-corrected chi connectivity index (χ4v) is 1.88. The van der Waals surface area contributed by atoms with E-state index < -0.39 is 0 Å². The molecule has 0 bridgehead atoms. The predicted octanol–water partition coefficient (Wildman–Crippen LogP) is 0.584. The summed E-state index contributed by atoms with van der Waals surface area (Å²) in [5.41, 5.74) is 7.28. The number of methoxy groups -OCH3 is 2. The number of rotatable bonds is 8. The van der Waals surface area contributed by atoms with E-state index in [1.54, 1.807) is 20.4 Å². The van der Waals surface area contributed by atoms with Crippen molar-refractivity contribution in [2.24, 2.45) is 10.9 Å². The molecular weight excluding hydrogens is 260 g/mol. The number of pyridine rings is 1. The zero-order valence-electron chi connectivity index (χ0n) is 12.2. The third-order valence-electron chi connectivity index (χ3n) is 2.93. The summed E-state index contributed by atoms with van der Waals surface area (Å²) in [4.78, 5) is 6.35. The van der Waals surface area contributed by atoms with Crippen molar-refractivity contribution in [3.05, 3.63) is 23.4 Å². The molecule has 1 rings (SSSR count). The minimum absolute atomic E-state index is 0.0467. The van der Waals surface area contributed by atoms with Gasteiger partial charge in [-0.2, -0.15) is 0 Å². The lowest BCUT2D eigenvalue weighted by Crippen LogP contribution is -2.34. The SMILES string of the molecule is COCCN(CCOC)c1nccc(C)c1/C(N)=N/O. The van der Waals surface area contributed by atoms with Gasteiger partial charge in [-0.3, -0.25) is 0 Å². The van der Waals surface area contributed by atoms with E-state index in [0.717, 1.165) is 5.56 Å². The minimum Gasteiger partial charge on any atom is -0.409 e. The van der Waals surface area contributed by atoms with Crippen molar-refractivity contribution in [3.8, 4) is 0 Å². The zero-order valence-corrected chi connectivity index (χ0v) is 12.2. The van der Waals surface area contributed by atoms with Crippen LogP contribution in [-0.2, 0) is 9.47 Å². The molecule has 1 heterocycles. The van der Waals surface area contributed by atoms with Crippen LogP contribution in [0.15, 0.2) is 17.4 Å². The van der Waals surface area contributed by atoms with Gasteiger partial charge in [0.25, 0.3) is 0 Å². The van der Waals surface area contributed by atoms with E-state index in [1.165, 1.54) is 0 Å². The second-order valence-electron chi connectivity index (χ2n) is 4.28. The van der Waals surface area contributed by atoms with Gasteiger partial charge in [0.2, 0.25) is 0 Å². The van der Waals surface area contributed by atoms with Crippen LogP contribution < -0.4 is 10.6 Å². The number of aryl methyl sites for hydroxylation is 1. The first-order chi connectivity index (χ1) is 9.65. The Hall–Kier alpha value is -1.86. The standard InChI is InChI=1S/C13H22N4O3/c1-10-4-5-15-13(11(10)12(14)16-18)17(6-8-19-2)7-9-20-3/h4-5,18H,6-9H2,1-3H3,(H2,14,16). The van der Waals surface area contributed by atoms with E-state index in [-0.39, 0.29) is 5.84 Å². The van der Waals surface area contributed by atoms with Crippen molar-refractivity contribution >= 4 is 11.7 Å². The largest absolute Gasteiger partial charge is 0.409 e. The van der Waals surface area contributed by atoms with Gasteiger partial charge < -0.3 is 25.3 Å². The fourth-order valence-electron chi connectivity index (χ4n) is 1.88. The Balaban J connectivity index is 3.14. The Bertz CT molecular complexity index is 443. The maximum Gasteiger partial charge on any atom is 0.174 e. The molecule has 0 spiro atoms. The molecule has 0 aliphatic rings. The van der Waals surface area contributed by atoms with E-state index in [1.807, 2.05) is 17.9 Å². The highest BCUT2D eigenvalue weighted by Gasteiger charge is 2.17. The van der Waals surface area contributed by atoms with Crippen LogP contribution in [0.5, 0.6) is 0 Å². The molecule has 0 saturated carbocycles. The van der Waals surface area contributed by atoms with Gasteiger partial charge in [-0.1, -0.05) is 5.16 Å². The number of hydrogen-bond acceptors (Lipinski definition) is 6. The summed E-state index contributed by atoms with van der Waals surface area (Å²) < 4.78 is 10.2. The Morgan fingerprint density at radius 3 is 2.45 bits per heavy atom. The van der Waals surface area contributed by atoms with Crippen LogP contribution in [0.25, 0.3) is 0 Å². The smallest absolute Gasteiger partial charge is 0.174 e. The molecule has 0 radical (unpaired) electrons. The molecule has 1 aromatic heterocycles. The number of amidine groups is 1. The van der Waals surface area contributed by atoms with Crippen molar-refractivity contribution in [1.29, 1.82) is 0 Å². The molecule has 0 aliphatic carbocycles. The summed E-state index contributed by atoms with van der Waals surface area (Å²) in [6.07, 6.45) is 1.70. The van der Waals surface area contributed by atoms with E-state index >= 15 is 0 Å². The van der Waals surface area contributed by atoms with Crippen molar-refractivity contribution in [3.63, 3.8) is 0 Å². The quantitative estimate of drug-likeness (QED) is 0.313. The Morgan fingerprint density at radius 1 is 1.35 bits per heavy atom. The summed E-state index contributed by atoms with van der Waals surface area (Å²) in [7, 11) is 3.28. The molecule has 20 heavy (non-hydrogen) atoms. The van der Waals surface area contributed by atoms with Gasteiger partial charge in [0, 0.05) is 33.5 Å². The maximum absolute atomic E-state index is 8.94. The van der Waals surface area contributed by atoms with Gasteiger partial charge in [0.15, 0.2) is 5.84 Å². The average molecular weight is 282 g/mol. The number of ether oxygens (including phenoxy) is 2. The van der Waals surface area contributed by atoms with Gasteiger partial charge in [-0.05, 0) is 18.6 Å². The Morgan fingerprint density at radius 2 is 1.95 bits per heavy atom. The fraction of sp³-hybridized carbons (Fsp3) is 0.538. The molecule has 0 saturated heterocycles. The molecular formula is C13H22N4O3. The summed E-state index contributed by atoms with van der Waals surface area (Å²) in [5.74, 6) is 0.708. The van der Waals surface area contributed by atoms with Crippen LogP contribution >= 0.6 is 0 Å². The number of hydrogen-bond donors (Lipinski definition) is 2. The molecule has 7 heteroatoms. The summed E-state index contributed by atoms with van der Waals surface area (Å²) in [5, 5.41) is 12.0. The molecule has 1 aromatic rings. The first kappa shape index (κ1) is 16.2. The van der Waals surface area contributed by atoms with Crippen molar-refractivity contribution in [2.75, 3.05) is 45.4 Å². The zero-order chi connectivity index (χ0) is 15.0. The second kappa shape index (κ2) is 8.34. The maximum atomic E-state index is 8.94. The van der Waals surface area contributed by atoms with E-state index in [4.69, 9.17) is 20.4 Å². The molecule has 0 aromatic carbocycles. The van der Waals surface area contributed by atoms with Crippen molar-refractivity contribution in [2.45, 2.75) is 6.92 Å². The van der Waals surface area contributed by atoms with Crippen LogP contribution in [0.4, 0.5) is 5.82 Å². The lowest BCUT2D eigenvalue weighted by atomic mass is 10.1. The summed E-state index contributed by atoms with van der Waals surface area (Å²) in [6.45, 7) is 4.28. The predicted molar refractivity (Wildman–Crippen MR) is 77.4 cm³/mol. The highest BCUT2D eigenvalue weighted by atomic mass is 16.5. The highest BCUT2D eigenvalue weighted by Crippen LogP contribution is 2.20. The number of anilines is 1. The van der Waals surface area contributed by atoms with Crippen LogP contribution in [0.3, 0.4) is 0 Å². The molecule has 0 aliphatic heterocycles. The number of nitrogens with two attached hydrogens (primary N) is 1. The van der Waals surface area contributed by atoms with Crippen LogP contribution in [0, 0.1) is 6.92 Å². The van der Waals surface area contributed by atoms with E-state index in [2.05, 4.69) is 10.1 Å². The minimum atomic E-state index is 0.0467. The number of nitrogens with zero attached hydrogens (tertiary/aromatic N) is 3. The number of aromatic nitrogens is 1. The summed E-state index contributed by atoms with van der Waals surface area (Å²) >= 11 is 0. The van der Waals surface area contributed by atoms with Gasteiger partial charge >= 0.3 is 0 Å². The lowest BCUT2D eigenvalue weighted by Gasteiger charge is -2.25. The average Bonchev–Trinajstić information content (AvgIpc) is 2.46.